The van der Waals surface area contributed by atoms with Crippen LogP contribution in [0.3, 0.4) is 0 Å². The molecule has 2 N–H and O–H groups in total. The molecule has 0 unspecified atom stereocenters. The molecule has 0 aromatic heterocycles. The maximum absolute atomic E-state index is 9.91. The largest absolute Gasteiger partial charge is 0.354 e. The van der Waals surface area contributed by atoms with Crippen LogP contribution in [-0.2, 0) is 10.8 Å². The smallest absolute Gasteiger partial charge is 0.0726 e. The van der Waals surface area contributed by atoms with Gasteiger partial charge < -0.3 is 10.2 Å². The molecule has 3 aliphatic carbocycles. The Kier molecular flexibility index (Phi) is 9.30. The van der Waals surface area contributed by atoms with E-state index in [4.69, 9.17) is 0 Å². The lowest BCUT2D eigenvalue weighted by atomic mass is 9.70. The van der Waals surface area contributed by atoms with Crippen LogP contribution in [0.1, 0.15) is 75.0 Å². The highest BCUT2D eigenvalue weighted by molar-refractivity contribution is 6.36. The van der Waals surface area contributed by atoms with Crippen LogP contribution in [0.2, 0.25) is 0 Å². The van der Waals surface area contributed by atoms with E-state index in [0.717, 1.165) is 61.8 Å². The van der Waals surface area contributed by atoms with Crippen molar-refractivity contribution in [3.63, 3.8) is 0 Å². The maximum atomic E-state index is 9.91. The standard InChI is InChI=1S/C69H49N3/c1-68(2)56-31-16-12-27-51(56)54-40-38-49(43-61(54)68)72(63-36-20-35-60-65(63)55-30-15-19-34-59(55)69(60)57-32-17-13-28-52(57)53-29-14-18-33-58(53)69)48-37-39-50-47(41-48)42-62(44-21-6-3-7-22-44)71-67(50)64(45-23-8-4-9-24-45)66(70)46-25-10-5-11-26-46/h3-43,70-71H,1-2H3/b67-64-,70-66?. The van der Waals surface area contributed by atoms with E-state index in [1.54, 1.807) is 0 Å². The fourth-order valence-electron chi connectivity index (χ4n) is 12.7. The van der Waals surface area contributed by atoms with Crippen molar-refractivity contribution >= 4 is 45.8 Å². The van der Waals surface area contributed by atoms with Gasteiger partial charge in [-0.05, 0) is 114 Å². The third-order valence-electron chi connectivity index (χ3n) is 15.9. The summed E-state index contributed by atoms with van der Waals surface area (Å²) < 4.78 is 0. The molecule has 0 atom stereocenters. The average molecular weight is 920 g/mol. The van der Waals surface area contributed by atoms with Crippen LogP contribution in [0.5, 0.6) is 0 Å². The first-order valence-electron chi connectivity index (χ1n) is 25.0. The molecule has 72 heavy (non-hydrogen) atoms. The van der Waals surface area contributed by atoms with Gasteiger partial charge in [0.05, 0.1) is 22.5 Å². The summed E-state index contributed by atoms with van der Waals surface area (Å²) in [7, 11) is 0. The Morgan fingerprint density at radius 2 is 0.903 bits per heavy atom. The molecule has 3 nitrogen and oxygen atoms in total. The summed E-state index contributed by atoms with van der Waals surface area (Å²) in [4.78, 5) is 2.52. The van der Waals surface area contributed by atoms with Gasteiger partial charge in [-0.3, -0.25) is 5.41 Å². The molecule has 340 valence electrons. The number of hydrogen-bond donors (Lipinski definition) is 2. The molecule has 3 heteroatoms. The van der Waals surface area contributed by atoms with E-state index in [2.05, 4.69) is 236 Å². The summed E-state index contributed by atoms with van der Waals surface area (Å²) in [5, 5.41) is 13.8. The normalized spacial score (nSPS) is 15.2. The molecular formula is C69H49N3. The maximum Gasteiger partial charge on any atom is 0.0726 e. The van der Waals surface area contributed by atoms with Crippen LogP contribution in [0.15, 0.2) is 243 Å². The van der Waals surface area contributed by atoms with E-state index >= 15 is 0 Å². The average Bonchev–Trinajstić information content (AvgIpc) is 4.00. The predicted molar refractivity (Wildman–Crippen MR) is 299 cm³/mol. The van der Waals surface area contributed by atoms with E-state index in [0.29, 0.717) is 5.71 Å². The minimum atomic E-state index is -0.492. The number of anilines is 3. The second-order valence-corrected chi connectivity index (χ2v) is 20.0. The minimum absolute atomic E-state index is 0.203. The Bertz CT molecular complexity index is 3890. The molecule has 0 saturated carbocycles. The first-order valence-corrected chi connectivity index (χ1v) is 25.0. The monoisotopic (exact) mass is 919 g/mol. The second kappa shape index (κ2) is 16.0. The van der Waals surface area contributed by atoms with Gasteiger partial charge in [-0.1, -0.05) is 226 Å². The van der Waals surface area contributed by atoms with E-state index in [1.807, 2.05) is 36.4 Å². The Morgan fingerprint density at radius 1 is 0.417 bits per heavy atom. The summed E-state index contributed by atoms with van der Waals surface area (Å²) in [5.74, 6) is 0. The number of fused-ring (bicyclic) bond motifs is 14. The van der Waals surface area contributed by atoms with Crippen molar-refractivity contribution in [2.24, 2.45) is 0 Å². The van der Waals surface area contributed by atoms with Crippen molar-refractivity contribution in [2.45, 2.75) is 24.7 Å². The first-order chi connectivity index (χ1) is 35.4. The highest BCUT2D eigenvalue weighted by Gasteiger charge is 2.52. The third-order valence-corrected chi connectivity index (χ3v) is 15.9. The molecule has 4 aliphatic rings. The lowest BCUT2D eigenvalue weighted by Crippen LogP contribution is -2.26. The Balaban J connectivity index is 1.05. The van der Waals surface area contributed by atoms with Crippen molar-refractivity contribution in [1.82, 2.24) is 5.32 Å². The van der Waals surface area contributed by atoms with Crippen LogP contribution >= 0.6 is 0 Å². The van der Waals surface area contributed by atoms with E-state index in [-0.39, 0.29) is 5.41 Å². The molecule has 0 amide bonds. The van der Waals surface area contributed by atoms with Gasteiger partial charge in [0.15, 0.2) is 0 Å². The molecule has 10 aromatic carbocycles. The van der Waals surface area contributed by atoms with Gasteiger partial charge in [0, 0.05) is 44.8 Å². The predicted octanol–water partition coefficient (Wildman–Crippen LogP) is 16.8. The third kappa shape index (κ3) is 6.01. The highest BCUT2D eigenvalue weighted by atomic mass is 15.1. The van der Waals surface area contributed by atoms with Crippen LogP contribution < -0.4 is 10.2 Å². The lowest BCUT2D eigenvalue weighted by Gasteiger charge is -2.33. The van der Waals surface area contributed by atoms with Crippen LogP contribution in [-0.4, -0.2) is 5.71 Å². The number of allylic oxidation sites excluding steroid dienone is 1. The molecule has 1 heterocycles. The van der Waals surface area contributed by atoms with Crippen LogP contribution in [0.25, 0.3) is 56.4 Å². The van der Waals surface area contributed by atoms with E-state index in [1.165, 1.54) is 66.8 Å². The number of rotatable bonds is 7. The quantitative estimate of drug-likeness (QED) is 0.156. The zero-order chi connectivity index (χ0) is 48.1. The van der Waals surface area contributed by atoms with Gasteiger partial charge in [0.1, 0.15) is 0 Å². The molecule has 1 aliphatic heterocycles. The molecule has 0 bridgehead atoms. The number of nitrogens with one attached hydrogen (secondary N) is 2. The molecule has 0 saturated heterocycles. The molecule has 0 radical (unpaired) electrons. The summed E-state index contributed by atoms with van der Waals surface area (Å²) in [6.45, 7) is 4.74. The van der Waals surface area contributed by atoms with Gasteiger partial charge in [0.2, 0.25) is 0 Å². The molecule has 1 spiro atoms. The topological polar surface area (TPSA) is 39.1 Å². The minimum Gasteiger partial charge on any atom is -0.354 e. The zero-order valence-corrected chi connectivity index (χ0v) is 40.1. The van der Waals surface area contributed by atoms with Crippen LogP contribution in [0, 0.1) is 5.41 Å². The fourth-order valence-corrected chi connectivity index (χ4v) is 12.7. The van der Waals surface area contributed by atoms with Gasteiger partial charge in [-0.15, -0.1) is 0 Å². The number of nitrogens with zero attached hydrogens (tertiary/aromatic N) is 1. The van der Waals surface area contributed by atoms with Crippen molar-refractivity contribution in [2.75, 3.05) is 4.90 Å². The highest BCUT2D eigenvalue weighted by Crippen LogP contribution is 2.65. The van der Waals surface area contributed by atoms with Gasteiger partial charge in [-0.2, -0.15) is 0 Å². The van der Waals surface area contributed by atoms with Crippen LogP contribution in [0.4, 0.5) is 17.1 Å². The number of benzene rings is 10. The summed E-state index contributed by atoms with van der Waals surface area (Å²) in [5.41, 5.74) is 26.4. The van der Waals surface area contributed by atoms with Crippen molar-refractivity contribution in [1.29, 1.82) is 5.41 Å². The summed E-state index contributed by atoms with van der Waals surface area (Å²) in [6, 6.07) is 88.3. The molecule has 10 aromatic rings. The summed E-state index contributed by atoms with van der Waals surface area (Å²) >= 11 is 0. The second-order valence-electron chi connectivity index (χ2n) is 20.0. The van der Waals surface area contributed by atoms with Gasteiger partial charge in [0.25, 0.3) is 0 Å². The zero-order valence-electron chi connectivity index (χ0n) is 40.1. The molecule has 0 fully saturated rings. The Labute approximate surface area is 421 Å². The number of hydrogen-bond acceptors (Lipinski definition) is 3. The van der Waals surface area contributed by atoms with Crippen molar-refractivity contribution < 1.29 is 0 Å². The SMILES string of the molecule is CC1(C)c2ccccc2-c2ccc(N(c3ccc4c(c3)C=C(c3ccccc3)N/C4=C(\C(=N)c3ccccc3)c3ccccc3)c3cccc4c3-c3ccccc3C43c4ccccc4-c4ccccc43)cc21. The Hall–Kier alpha value is -9.05. The first kappa shape index (κ1) is 41.9. The Morgan fingerprint density at radius 3 is 1.56 bits per heavy atom. The molecule has 14 rings (SSSR count). The van der Waals surface area contributed by atoms with E-state index < -0.39 is 5.41 Å². The lowest BCUT2D eigenvalue weighted by molar-refractivity contribution is 0.660. The van der Waals surface area contributed by atoms with Gasteiger partial charge in [-0.25, -0.2) is 0 Å². The summed E-state index contributed by atoms with van der Waals surface area (Å²) in [6.07, 6.45) is 2.29. The molecular weight excluding hydrogens is 871 g/mol. The van der Waals surface area contributed by atoms with Crippen molar-refractivity contribution in [3.05, 3.63) is 304 Å². The van der Waals surface area contributed by atoms with Gasteiger partial charge >= 0.3 is 0 Å². The fraction of sp³-hybridized carbons (Fsp3) is 0.0580. The van der Waals surface area contributed by atoms with E-state index in [9.17, 15) is 5.41 Å². The van der Waals surface area contributed by atoms with Crippen molar-refractivity contribution in [3.8, 4) is 33.4 Å².